The number of sulfonamides is 1. The number of halogens is 3. The van der Waals surface area contributed by atoms with Gasteiger partial charge >= 0.3 is 0 Å². The lowest BCUT2D eigenvalue weighted by molar-refractivity contribution is 0.511. The minimum Gasteiger partial charge on any atom is -0.323 e. The molecule has 3 rings (SSSR count). The van der Waals surface area contributed by atoms with Gasteiger partial charge in [-0.1, -0.05) is 23.7 Å². The summed E-state index contributed by atoms with van der Waals surface area (Å²) in [6, 6.07) is 3.61. The van der Waals surface area contributed by atoms with Crippen LogP contribution < -0.4 is 10.0 Å². The molecule has 10 heteroatoms. The van der Waals surface area contributed by atoms with Gasteiger partial charge in [0.15, 0.2) is 15.8 Å². The highest BCUT2D eigenvalue weighted by atomic mass is 35.5. The molecule has 22 heavy (non-hydrogen) atoms. The summed E-state index contributed by atoms with van der Waals surface area (Å²) in [7, 11) is -2.48. The van der Waals surface area contributed by atoms with Gasteiger partial charge in [-0.2, -0.15) is 0 Å². The number of fused-ring (bicyclic) bond motifs is 1. The van der Waals surface area contributed by atoms with Crippen LogP contribution in [-0.2, 0) is 10.0 Å². The Balaban J connectivity index is 2.33. The van der Waals surface area contributed by atoms with Gasteiger partial charge in [0.25, 0.3) is 10.0 Å². The number of hydrogen-bond donors (Lipinski definition) is 2. The fourth-order valence-corrected chi connectivity index (χ4v) is 5.07. The molecule has 0 unspecified atom stereocenters. The molecule has 0 saturated heterocycles. The molecule has 0 fully saturated rings. The maximum atomic E-state index is 14.0. The van der Waals surface area contributed by atoms with E-state index in [1.807, 2.05) is 0 Å². The van der Waals surface area contributed by atoms with Crippen molar-refractivity contribution in [1.82, 2.24) is 4.72 Å². The Morgan fingerprint density at radius 1 is 1.32 bits per heavy atom. The number of anilines is 1. The summed E-state index contributed by atoms with van der Waals surface area (Å²) in [5.41, 5.74) is 0.0475. The van der Waals surface area contributed by atoms with Crippen molar-refractivity contribution in [3.8, 4) is 11.1 Å². The molecule has 0 radical (unpaired) electrons. The molecule has 0 saturated carbocycles. The summed E-state index contributed by atoms with van der Waals surface area (Å²) in [6.07, 6.45) is 0. The Kier molecular flexibility index (Phi) is 3.58. The number of benzene rings is 1. The third kappa shape index (κ3) is 2.25. The average molecular weight is 364 g/mol. The molecule has 116 valence electrons. The van der Waals surface area contributed by atoms with E-state index in [0.717, 1.165) is 17.4 Å². The Morgan fingerprint density at radius 3 is 2.73 bits per heavy atom. The first kappa shape index (κ1) is 15.2. The molecule has 2 N–H and O–H groups in total. The molecule has 0 spiro atoms. The van der Waals surface area contributed by atoms with Crippen molar-refractivity contribution in [1.29, 1.82) is 0 Å². The van der Waals surface area contributed by atoms with Crippen molar-refractivity contribution in [2.45, 2.75) is 4.21 Å². The van der Waals surface area contributed by atoms with Crippen LogP contribution in [-0.4, -0.2) is 21.4 Å². The second-order valence-electron chi connectivity index (χ2n) is 4.32. The fraction of sp³-hybridized carbons (Fsp3) is 0.0833. The molecule has 0 amide bonds. The molecule has 5 nitrogen and oxygen atoms in total. The van der Waals surface area contributed by atoms with E-state index < -0.39 is 21.7 Å². The molecule has 1 aliphatic heterocycles. The van der Waals surface area contributed by atoms with Crippen LogP contribution in [0.1, 0.15) is 0 Å². The van der Waals surface area contributed by atoms with E-state index in [1.165, 1.54) is 19.2 Å². The molecular weight excluding hydrogens is 356 g/mol. The number of rotatable bonds is 1. The Morgan fingerprint density at radius 2 is 2.05 bits per heavy atom. The van der Waals surface area contributed by atoms with Crippen molar-refractivity contribution >= 4 is 44.6 Å². The van der Waals surface area contributed by atoms with E-state index in [-0.39, 0.29) is 31.3 Å². The van der Waals surface area contributed by atoms with Gasteiger partial charge in [-0.15, -0.1) is 11.3 Å². The van der Waals surface area contributed by atoms with Crippen molar-refractivity contribution in [2.24, 2.45) is 4.99 Å². The third-order valence-corrected chi connectivity index (χ3v) is 6.25. The lowest BCUT2D eigenvalue weighted by Crippen LogP contribution is -2.39. The van der Waals surface area contributed by atoms with Gasteiger partial charge < -0.3 is 5.32 Å². The van der Waals surface area contributed by atoms with Crippen LogP contribution in [0.5, 0.6) is 0 Å². The van der Waals surface area contributed by atoms with Crippen LogP contribution in [0.15, 0.2) is 27.4 Å². The maximum Gasteiger partial charge on any atom is 0.275 e. The first-order valence-corrected chi connectivity index (χ1v) is 8.56. The summed E-state index contributed by atoms with van der Waals surface area (Å²) >= 11 is 6.82. The Hall–Kier alpha value is -1.71. The number of aliphatic imine (C=N–C) groups is 1. The summed E-state index contributed by atoms with van der Waals surface area (Å²) in [4.78, 5) is 3.74. The highest BCUT2D eigenvalue weighted by Crippen LogP contribution is 2.48. The SMILES string of the molecule is CN=C1Nc2c(sc(Cl)c2-c2cccc(F)c2F)S(=O)(=O)N1. The van der Waals surface area contributed by atoms with Crippen LogP contribution in [0.25, 0.3) is 11.1 Å². The van der Waals surface area contributed by atoms with Gasteiger partial charge in [0, 0.05) is 18.2 Å². The topological polar surface area (TPSA) is 70.6 Å². The normalized spacial score (nSPS) is 17.7. The molecule has 1 aliphatic rings. The smallest absolute Gasteiger partial charge is 0.275 e. The third-order valence-electron chi connectivity index (χ3n) is 3.00. The van der Waals surface area contributed by atoms with Gasteiger partial charge in [-0.05, 0) is 6.07 Å². The highest BCUT2D eigenvalue weighted by Gasteiger charge is 2.34. The van der Waals surface area contributed by atoms with E-state index in [1.54, 1.807) is 0 Å². The molecular formula is C12H8ClF2N3O2S2. The van der Waals surface area contributed by atoms with Gasteiger partial charge in [0.05, 0.1) is 5.69 Å². The van der Waals surface area contributed by atoms with E-state index in [0.29, 0.717) is 0 Å². The largest absolute Gasteiger partial charge is 0.323 e. The number of guanidine groups is 1. The highest BCUT2D eigenvalue weighted by molar-refractivity contribution is 7.92. The zero-order chi connectivity index (χ0) is 16.1. The predicted octanol–water partition coefficient (Wildman–Crippen LogP) is 3.04. The van der Waals surface area contributed by atoms with Gasteiger partial charge in [-0.3, -0.25) is 4.99 Å². The van der Waals surface area contributed by atoms with E-state index in [4.69, 9.17) is 11.6 Å². The van der Waals surface area contributed by atoms with Crippen LogP contribution in [0.4, 0.5) is 14.5 Å². The summed E-state index contributed by atoms with van der Waals surface area (Å²) in [5.74, 6) is -2.17. The Bertz CT molecular complexity index is 909. The summed E-state index contributed by atoms with van der Waals surface area (Å²) < 4.78 is 53.9. The van der Waals surface area contributed by atoms with Crippen LogP contribution in [0.2, 0.25) is 4.34 Å². The summed E-state index contributed by atoms with van der Waals surface area (Å²) in [6.45, 7) is 0. The van der Waals surface area contributed by atoms with E-state index in [9.17, 15) is 17.2 Å². The monoisotopic (exact) mass is 363 g/mol. The maximum absolute atomic E-state index is 14.0. The van der Waals surface area contributed by atoms with Crippen molar-refractivity contribution in [3.05, 3.63) is 34.2 Å². The quantitative estimate of drug-likeness (QED) is 0.818. The molecule has 2 heterocycles. The van der Waals surface area contributed by atoms with E-state index >= 15 is 0 Å². The minimum absolute atomic E-state index is 0.0278. The molecule has 0 aliphatic carbocycles. The zero-order valence-electron chi connectivity index (χ0n) is 10.9. The Labute approximate surface area is 133 Å². The van der Waals surface area contributed by atoms with Crippen molar-refractivity contribution in [3.63, 3.8) is 0 Å². The van der Waals surface area contributed by atoms with Crippen LogP contribution >= 0.6 is 22.9 Å². The predicted molar refractivity (Wildman–Crippen MR) is 82.0 cm³/mol. The van der Waals surface area contributed by atoms with E-state index in [2.05, 4.69) is 15.0 Å². The standard InChI is InChI=1S/C12H8ClF2N3O2S2/c1-16-12-17-9-7(5-3-2-4-6(14)8(5)15)10(13)21-11(9)22(19,20)18-12/h2-4H,1H3,(H2,16,17,18). The number of nitrogens with one attached hydrogen (secondary N) is 2. The minimum atomic E-state index is -3.86. The molecule has 0 bridgehead atoms. The van der Waals surface area contributed by atoms with Crippen molar-refractivity contribution < 1.29 is 17.2 Å². The lowest BCUT2D eigenvalue weighted by Gasteiger charge is -2.19. The summed E-state index contributed by atoms with van der Waals surface area (Å²) in [5, 5.41) is 2.73. The zero-order valence-corrected chi connectivity index (χ0v) is 13.3. The van der Waals surface area contributed by atoms with Gasteiger partial charge in [0.2, 0.25) is 5.96 Å². The second kappa shape index (κ2) is 5.18. The first-order chi connectivity index (χ1) is 10.3. The van der Waals surface area contributed by atoms with Crippen LogP contribution in [0.3, 0.4) is 0 Å². The van der Waals surface area contributed by atoms with Crippen LogP contribution in [0, 0.1) is 11.6 Å². The number of thiophene rings is 1. The molecule has 2 aromatic rings. The number of hydrogen-bond acceptors (Lipinski definition) is 4. The molecule has 1 aromatic heterocycles. The molecule has 0 atom stereocenters. The van der Waals surface area contributed by atoms with Gasteiger partial charge in [-0.25, -0.2) is 21.9 Å². The first-order valence-electron chi connectivity index (χ1n) is 5.88. The lowest BCUT2D eigenvalue weighted by atomic mass is 10.1. The number of nitrogens with zero attached hydrogens (tertiary/aromatic N) is 1. The molecule has 1 aromatic carbocycles. The fourth-order valence-electron chi connectivity index (χ4n) is 2.04. The van der Waals surface area contributed by atoms with Crippen molar-refractivity contribution in [2.75, 3.05) is 12.4 Å². The van der Waals surface area contributed by atoms with Gasteiger partial charge in [0.1, 0.15) is 4.34 Å². The average Bonchev–Trinajstić information content (AvgIpc) is 2.79. The second-order valence-corrected chi connectivity index (χ2v) is 7.82.